The number of allylic oxidation sites excluding steroid dienone is 2. The number of hydrogen-bond acceptors (Lipinski definition) is 5. The SMILES string of the molecule is CCOC(=O)c1cc(C2CCN(c3ccccc3)C2=O)c(C(=O)/C=C(/C)N)[nH]1. The summed E-state index contributed by atoms with van der Waals surface area (Å²) in [5.41, 5.74) is 7.62. The van der Waals surface area contributed by atoms with Crippen molar-refractivity contribution in [1.82, 2.24) is 4.98 Å². The van der Waals surface area contributed by atoms with Gasteiger partial charge in [-0.3, -0.25) is 9.59 Å². The summed E-state index contributed by atoms with van der Waals surface area (Å²) in [7, 11) is 0. The predicted molar refractivity (Wildman–Crippen MR) is 105 cm³/mol. The van der Waals surface area contributed by atoms with Crippen LogP contribution in [0.4, 0.5) is 5.69 Å². The number of hydrogen-bond donors (Lipinski definition) is 2. The van der Waals surface area contributed by atoms with Gasteiger partial charge >= 0.3 is 5.97 Å². The van der Waals surface area contributed by atoms with Crippen molar-refractivity contribution in [2.45, 2.75) is 26.2 Å². The Morgan fingerprint density at radius 2 is 2.04 bits per heavy atom. The number of carbonyl (C=O) groups is 3. The molecular weight excluding hydrogens is 358 g/mol. The fourth-order valence-electron chi connectivity index (χ4n) is 3.38. The molecule has 28 heavy (non-hydrogen) atoms. The molecule has 2 aromatic rings. The van der Waals surface area contributed by atoms with Crippen LogP contribution in [0, 0.1) is 0 Å². The van der Waals surface area contributed by atoms with Crippen LogP contribution in [0.3, 0.4) is 0 Å². The molecule has 3 N–H and O–H groups in total. The van der Waals surface area contributed by atoms with E-state index in [9.17, 15) is 14.4 Å². The Morgan fingerprint density at radius 1 is 1.32 bits per heavy atom. The minimum atomic E-state index is -0.568. The van der Waals surface area contributed by atoms with Crippen LogP contribution >= 0.6 is 0 Å². The molecule has 1 aromatic carbocycles. The molecule has 1 atom stereocenters. The molecule has 146 valence electrons. The van der Waals surface area contributed by atoms with Crippen LogP contribution in [0.15, 0.2) is 48.2 Å². The van der Waals surface area contributed by atoms with Crippen LogP contribution in [0.25, 0.3) is 0 Å². The number of rotatable bonds is 6. The number of H-pyrrole nitrogens is 1. The molecule has 3 rings (SSSR count). The Hall–Kier alpha value is -3.35. The summed E-state index contributed by atoms with van der Waals surface area (Å²) in [5.74, 6) is -1.58. The first-order valence-electron chi connectivity index (χ1n) is 9.17. The van der Waals surface area contributed by atoms with Gasteiger partial charge in [0.25, 0.3) is 0 Å². The molecule has 2 heterocycles. The number of ketones is 1. The second-order valence-electron chi connectivity index (χ2n) is 6.65. The molecule has 0 saturated carbocycles. The number of anilines is 1. The van der Waals surface area contributed by atoms with Gasteiger partial charge in [0.05, 0.1) is 18.2 Å². The highest BCUT2D eigenvalue weighted by molar-refractivity contribution is 6.08. The molecule has 0 aliphatic carbocycles. The summed E-state index contributed by atoms with van der Waals surface area (Å²) >= 11 is 0. The van der Waals surface area contributed by atoms with E-state index in [-0.39, 0.29) is 29.7 Å². The molecule has 1 unspecified atom stereocenters. The first kappa shape index (κ1) is 19.4. The summed E-state index contributed by atoms with van der Waals surface area (Å²) < 4.78 is 5.02. The minimum Gasteiger partial charge on any atom is -0.461 e. The Kier molecular flexibility index (Phi) is 5.63. The van der Waals surface area contributed by atoms with Crippen molar-refractivity contribution in [2.75, 3.05) is 18.1 Å². The first-order chi connectivity index (χ1) is 13.4. The van der Waals surface area contributed by atoms with Crippen molar-refractivity contribution in [3.8, 4) is 0 Å². The van der Waals surface area contributed by atoms with Crippen molar-refractivity contribution >= 4 is 23.3 Å². The van der Waals surface area contributed by atoms with Crippen LogP contribution in [-0.2, 0) is 9.53 Å². The minimum absolute atomic E-state index is 0.108. The Labute approximate surface area is 163 Å². The fraction of sp³-hybridized carbons (Fsp3) is 0.286. The fourth-order valence-corrected chi connectivity index (χ4v) is 3.38. The summed E-state index contributed by atoms with van der Waals surface area (Å²) in [5, 5.41) is 0. The molecule has 1 amide bonds. The monoisotopic (exact) mass is 381 g/mol. The number of nitrogens with two attached hydrogens (primary N) is 1. The normalized spacial score (nSPS) is 17.1. The number of para-hydroxylation sites is 1. The maximum absolute atomic E-state index is 13.1. The van der Waals surface area contributed by atoms with Crippen LogP contribution in [-0.4, -0.2) is 35.8 Å². The van der Waals surface area contributed by atoms with Crippen LogP contribution < -0.4 is 10.6 Å². The van der Waals surface area contributed by atoms with E-state index in [4.69, 9.17) is 10.5 Å². The van der Waals surface area contributed by atoms with E-state index in [2.05, 4.69) is 4.98 Å². The molecule has 1 saturated heterocycles. The maximum atomic E-state index is 13.1. The number of nitrogens with zero attached hydrogens (tertiary/aromatic N) is 1. The molecule has 1 fully saturated rings. The molecule has 1 aliphatic heterocycles. The van der Waals surface area contributed by atoms with Gasteiger partial charge in [-0.2, -0.15) is 0 Å². The Morgan fingerprint density at radius 3 is 2.68 bits per heavy atom. The lowest BCUT2D eigenvalue weighted by molar-refractivity contribution is -0.118. The van der Waals surface area contributed by atoms with Gasteiger partial charge in [-0.25, -0.2) is 4.79 Å². The zero-order valence-electron chi connectivity index (χ0n) is 15.9. The van der Waals surface area contributed by atoms with Crippen molar-refractivity contribution in [2.24, 2.45) is 5.73 Å². The second kappa shape index (κ2) is 8.12. The lowest BCUT2D eigenvalue weighted by Gasteiger charge is -2.16. The third-order valence-electron chi connectivity index (χ3n) is 4.60. The van der Waals surface area contributed by atoms with Gasteiger partial charge in [-0.05, 0) is 44.0 Å². The highest BCUT2D eigenvalue weighted by Crippen LogP contribution is 2.34. The van der Waals surface area contributed by atoms with Gasteiger partial charge in [-0.1, -0.05) is 18.2 Å². The van der Waals surface area contributed by atoms with Crippen LogP contribution in [0.1, 0.15) is 52.7 Å². The van der Waals surface area contributed by atoms with E-state index < -0.39 is 11.9 Å². The number of nitrogens with one attached hydrogen (secondary N) is 1. The lowest BCUT2D eigenvalue weighted by Crippen LogP contribution is -2.26. The smallest absolute Gasteiger partial charge is 0.354 e. The number of amides is 1. The maximum Gasteiger partial charge on any atom is 0.354 e. The zero-order valence-corrected chi connectivity index (χ0v) is 15.9. The van der Waals surface area contributed by atoms with E-state index in [0.717, 1.165) is 5.69 Å². The van der Waals surface area contributed by atoms with Gasteiger partial charge in [0.15, 0.2) is 0 Å². The number of ether oxygens (including phenoxy) is 1. The quantitative estimate of drug-likeness (QED) is 0.455. The number of aromatic nitrogens is 1. The summed E-state index contributed by atoms with van der Waals surface area (Å²) in [6.07, 6.45) is 1.82. The third kappa shape index (κ3) is 3.83. The molecule has 7 nitrogen and oxygen atoms in total. The van der Waals surface area contributed by atoms with E-state index in [1.807, 2.05) is 30.3 Å². The predicted octanol–water partition coefficient (Wildman–Crippen LogP) is 2.76. The first-order valence-corrected chi connectivity index (χ1v) is 9.17. The zero-order chi connectivity index (χ0) is 20.3. The van der Waals surface area contributed by atoms with Crippen molar-refractivity contribution < 1.29 is 19.1 Å². The average molecular weight is 381 g/mol. The number of carbonyl (C=O) groups excluding carboxylic acids is 3. The Bertz CT molecular complexity index is 926. The molecule has 0 spiro atoms. The summed E-state index contributed by atoms with van der Waals surface area (Å²) in [6.45, 7) is 4.05. The molecule has 7 heteroatoms. The van der Waals surface area contributed by atoms with E-state index in [0.29, 0.717) is 24.2 Å². The second-order valence-corrected chi connectivity index (χ2v) is 6.65. The van der Waals surface area contributed by atoms with Gasteiger partial charge < -0.3 is 20.4 Å². The topological polar surface area (TPSA) is 105 Å². The molecule has 0 radical (unpaired) electrons. The molecule has 1 aromatic heterocycles. The standard InChI is InChI=1S/C21H23N3O4/c1-3-28-21(27)17-12-16(19(23-17)18(25)11-13(2)22)15-9-10-24(20(15)26)14-7-5-4-6-8-14/h4-8,11-12,15,23H,3,9-10,22H2,1-2H3/b13-11-. The van der Waals surface area contributed by atoms with Crippen molar-refractivity contribution in [1.29, 1.82) is 0 Å². The van der Waals surface area contributed by atoms with Gasteiger partial charge in [0.2, 0.25) is 11.7 Å². The average Bonchev–Trinajstić information content (AvgIpc) is 3.26. The van der Waals surface area contributed by atoms with Gasteiger partial charge in [-0.15, -0.1) is 0 Å². The Balaban J connectivity index is 1.98. The van der Waals surface area contributed by atoms with Crippen molar-refractivity contribution in [3.05, 3.63) is 65.1 Å². The number of benzene rings is 1. The molecule has 0 bridgehead atoms. The molecular formula is C21H23N3O4. The summed E-state index contributed by atoms with van der Waals surface area (Å²) in [4.78, 5) is 42.3. The van der Waals surface area contributed by atoms with E-state index in [1.54, 1.807) is 24.8 Å². The lowest BCUT2D eigenvalue weighted by atomic mass is 9.96. The largest absolute Gasteiger partial charge is 0.461 e. The van der Waals surface area contributed by atoms with E-state index >= 15 is 0 Å². The van der Waals surface area contributed by atoms with Crippen LogP contribution in [0.2, 0.25) is 0 Å². The highest BCUT2D eigenvalue weighted by atomic mass is 16.5. The van der Waals surface area contributed by atoms with Crippen molar-refractivity contribution in [3.63, 3.8) is 0 Å². The molecule has 1 aliphatic rings. The number of esters is 1. The highest BCUT2D eigenvalue weighted by Gasteiger charge is 2.37. The number of aromatic amines is 1. The van der Waals surface area contributed by atoms with Gasteiger partial charge in [0.1, 0.15) is 5.69 Å². The van der Waals surface area contributed by atoms with Gasteiger partial charge in [0, 0.05) is 24.0 Å². The third-order valence-corrected chi connectivity index (χ3v) is 4.60. The van der Waals surface area contributed by atoms with Crippen LogP contribution in [0.5, 0.6) is 0 Å². The summed E-state index contributed by atoms with van der Waals surface area (Å²) in [6, 6.07) is 10.9. The van der Waals surface area contributed by atoms with E-state index in [1.165, 1.54) is 6.08 Å².